The van der Waals surface area contributed by atoms with E-state index < -0.39 is 59.9 Å². The van der Waals surface area contributed by atoms with E-state index in [1.807, 2.05) is 0 Å². The summed E-state index contributed by atoms with van der Waals surface area (Å²) in [4.78, 5) is 23.9. The van der Waals surface area contributed by atoms with Crippen molar-refractivity contribution in [1.82, 2.24) is 5.32 Å². The number of carbonyl (C=O) groups excluding carboxylic acids is 2. The van der Waals surface area contributed by atoms with E-state index in [1.54, 1.807) is 5.32 Å². The van der Waals surface area contributed by atoms with E-state index in [-0.39, 0.29) is 11.3 Å². The largest absolute Gasteiger partial charge is 0.418 e. The fourth-order valence-corrected chi connectivity index (χ4v) is 2.49. The van der Waals surface area contributed by atoms with Crippen LogP contribution < -0.4 is 16.0 Å². The van der Waals surface area contributed by atoms with Gasteiger partial charge < -0.3 is 16.0 Å². The molecule has 3 N–H and O–H groups in total. The molecule has 2 aromatic rings. The van der Waals surface area contributed by atoms with Crippen molar-refractivity contribution >= 4 is 23.2 Å². The molecule has 2 amide bonds. The summed E-state index contributed by atoms with van der Waals surface area (Å²) < 4.78 is 89.7. The molecule has 0 aliphatic rings. The van der Waals surface area contributed by atoms with Gasteiger partial charge >= 0.3 is 12.4 Å². The lowest BCUT2D eigenvalue weighted by atomic mass is 10.1. The summed E-state index contributed by atoms with van der Waals surface area (Å²) in [7, 11) is 0. The lowest BCUT2D eigenvalue weighted by Crippen LogP contribution is -2.33. The van der Waals surface area contributed by atoms with E-state index in [2.05, 4.69) is 10.6 Å². The Balaban J connectivity index is 2.11. The number of para-hydroxylation sites is 1. The van der Waals surface area contributed by atoms with Crippen LogP contribution in [0.4, 0.5) is 42.1 Å². The zero-order valence-corrected chi connectivity index (χ0v) is 15.8. The van der Waals surface area contributed by atoms with Crippen LogP contribution in [0.15, 0.2) is 36.4 Å². The van der Waals surface area contributed by atoms with Crippen molar-refractivity contribution < 1.29 is 40.3 Å². The van der Waals surface area contributed by atoms with Crippen LogP contribution in [0.25, 0.3) is 0 Å². The van der Waals surface area contributed by atoms with Gasteiger partial charge in [0.2, 0.25) is 5.91 Å². The van der Waals surface area contributed by atoms with Crippen LogP contribution in [0.3, 0.4) is 0 Å². The SMILES string of the molecule is Cc1c(F)cc(C(=O)NCC(F)(F)F)cc1NCC(=O)Nc1ccccc1C(F)(F)F. The maximum Gasteiger partial charge on any atom is 0.418 e. The Labute approximate surface area is 171 Å². The molecule has 0 heterocycles. The number of carbonyl (C=O) groups is 2. The maximum absolute atomic E-state index is 14.1. The maximum atomic E-state index is 14.1. The molecule has 31 heavy (non-hydrogen) atoms. The van der Waals surface area contributed by atoms with E-state index in [0.29, 0.717) is 0 Å². The second-order valence-corrected chi connectivity index (χ2v) is 6.37. The highest BCUT2D eigenvalue weighted by Gasteiger charge is 2.33. The van der Waals surface area contributed by atoms with Crippen molar-refractivity contribution in [2.75, 3.05) is 23.7 Å². The third-order valence-electron chi connectivity index (χ3n) is 4.00. The molecule has 0 aromatic heterocycles. The molecule has 168 valence electrons. The molecule has 2 rings (SSSR count). The van der Waals surface area contributed by atoms with Gasteiger partial charge in [-0.05, 0) is 31.2 Å². The van der Waals surface area contributed by atoms with Crippen LogP contribution in [-0.4, -0.2) is 31.1 Å². The fourth-order valence-electron chi connectivity index (χ4n) is 2.49. The first-order valence-electron chi connectivity index (χ1n) is 8.63. The van der Waals surface area contributed by atoms with Gasteiger partial charge in [0.05, 0.1) is 17.8 Å². The molecule has 0 saturated heterocycles. The Morgan fingerprint density at radius 3 is 2.23 bits per heavy atom. The molecule has 0 unspecified atom stereocenters. The second-order valence-electron chi connectivity index (χ2n) is 6.37. The third-order valence-corrected chi connectivity index (χ3v) is 4.00. The first-order chi connectivity index (χ1) is 14.3. The first kappa shape index (κ1) is 24.0. The number of amides is 2. The Morgan fingerprint density at radius 2 is 1.61 bits per heavy atom. The fraction of sp³-hybridized carbons (Fsp3) is 0.263. The molecule has 0 fully saturated rings. The van der Waals surface area contributed by atoms with Crippen LogP contribution in [0.1, 0.15) is 21.5 Å². The number of anilines is 2. The normalized spacial score (nSPS) is 11.7. The van der Waals surface area contributed by atoms with Crippen molar-refractivity contribution in [3.05, 3.63) is 58.9 Å². The molecule has 0 aliphatic heterocycles. The Kier molecular flexibility index (Phi) is 7.13. The summed E-state index contributed by atoms with van der Waals surface area (Å²) in [5.74, 6) is -3.02. The minimum atomic E-state index is -4.70. The molecule has 5 nitrogen and oxygen atoms in total. The quantitative estimate of drug-likeness (QED) is 0.567. The van der Waals surface area contributed by atoms with E-state index >= 15 is 0 Å². The van der Waals surface area contributed by atoms with E-state index in [0.717, 1.165) is 30.3 Å². The Morgan fingerprint density at radius 1 is 0.968 bits per heavy atom. The highest BCUT2D eigenvalue weighted by atomic mass is 19.4. The average molecular weight is 451 g/mol. The van der Waals surface area contributed by atoms with Crippen molar-refractivity contribution in [1.29, 1.82) is 0 Å². The van der Waals surface area contributed by atoms with Crippen LogP contribution >= 0.6 is 0 Å². The summed E-state index contributed by atoms with van der Waals surface area (Å²) in [5.41, 5.74) is -2.11. The molecule has 0 atom stereocenters. The van der Waals surface area contributed by atoms with Gasteiger partial charge in [0.15, 0.2) is 0 Å². The smallest absolute Gasteiger partial charge is 0.376 e. The van der Waals surface area contributed by atoms with Gasteiger partial charge in [-0.1, -0.05) is 12.1 Å². The number of hydrogen-bond acceptors (Lipinski definition) is 3. The molecule has 0 bridgehead atoms. The zero-order chi connectivity index (χ0) is 23.4. The minimum absolute atomic E-state index is 0.0455. The third kappa shape index (κ3) is 6.86. The van der Waals surface area contributed by atoms with Crippen molar-refractivity contribution in [3.63, 3.8) is 0 Å². The molecule has 2 aromatic carbocycles. The first-order valence-corrected chi connectivity index (χ1v) is 8.63. The minimum Gasteiger partial charge on any atom is -0.376 e. The van der Waals surface area contributed by atoms with Gasteiger partial charge in [-0.25, -0.2) is 4.39 Å². The van der Waals surface area contributed by atoms with Crippen LogP contribution in [0.2, 0.25) is 0 Å². The number of benzene rings is 2. The van der Waals surface area contributed by atoms with Crippen LogP contribution in [0, 0.1) is 12.7 Å². The van der Waals surface area contributed by atoms with Gasteiger partial charge in [0.1, 0.15) is 12.4 Å². The lowest BCUT2D eigenvalue weighted by Gasteiger charge is -2.15. The number of nitrogens with one attached hydrogen (secondary N) is 3. The highest BCUT2D eigenvalue weighted by Crippen LogP contribution is 2.34. The van der Waals surface area contributed by atoms with E-state index in [1.165, 1.54) is 13.0 Å². The van der Waals surface area contributed by atoms with Gasteiger partial charge in [-0.3, -0.25) is 9.59 Å². The van der Waals surface area contributed by atoms with Gasteiger partial charge in [-0.15, -0.1) is 0 Å². The van der Waals surface area contributed by atoms with Crippen LogP contribution in [0.5, 0.6) is 0 Å². The average Bonchev–Trinajstić information content (AvgIpc) is 2.66. The molecular weight excluding hydrogens is 435 g/mol. The van der Waals surface area contributed by atoms with Gasteiger partial charge in [0, 0.05) is 16.8 Å². The highest BCUT2D eigenvalue weighted by molar-refractivity contribution is 5.97. The summed E-state index contributed by atoms with van der Waals surface area (Å²) >= 11 is 0. The summed E-state index contributed by atoms with van der Waals surface area (Å²) in [6.45, 7) is -0.933. The summed E-state index contributed by atoms with van der Waals surface area (Å²) in [5, 5.41) is 6.13. The standard InChI is InChI=1S/C19H16F7N3O2/c1-10-13(20)6-11(17(31)28-9-18(21,22)23)7-15(10)27-8-16(30)29-14-5-3-2-4-12(14)19(24,25)26/h2-7,27H,8-9H2,1H3,(H,28,31)(H,29,30). The molecule has 0 spiro atoms. The molecule has 0 aliphatic carbocycles. The van der Waals surface area contributed by atoms with Crippen molar-refractivity contribution in [2.45, 2.75) is 19.3 Å². The summed E-state index contributed by atoms with van der Waals surface area (Å²) in [6, 6.07) is 6.04. The summed E-state index contributed by atoms with van der Waals surface area (Å²) in [6.07, 6.45) is -9.36. The topological polar surface area (TPSA) is 70.2 Å². The Bertz CT molecular complexity index is 972. The predicted octanol–water partition coefficient (Wildman–Crippen LogP) is 4.50. The number of alkyl halides is 6. The monoisotopic (exact) mass is 451 g/mol. The lowest BCUT2D eigenvalue weighted by molar-refractivity contribution is -0.137. The number of halogens is 7. The Hall–Kier alpha value is -3.31. The second kappa shape index (κ2) is 9.23. The number of rotatable bonds is 6. The molecular formula is C19H16F7N3O2. The van der Waals surface area contributed by atoms with Gasteiger partial charge in [0.25, 0.3) is 5.91 Å². The zero-order valence-electron chi connectivity index (χ0n) is 15.8. The molecule has 12 heteroatoms. The molecule has 0 radical (unpaired) electrons. The van der Waals surface area contributed by atoms with Crippen molar-refractivity contribution in [2.24, 2.45) is 0 Å². The number of hydrogen-bond donors (Lipinski definition) is 3. The van der Waals surface area contributed by atoms with E-state index in [9.17, 15) is 40.3 Å². The van der Waals surface area contributed by atoms with Crippen molar-refractivity contribution in [3.8, 4) is 0 Å². The molecule has 0 saturated carbocycles. The van der Waals surface area contributed by atoms with Crippen LogP contribution in [-0.2, 0) is 11.0 Å². The van der Waals surface area contributed by atoms with E-state index in [4.69, 9.17) is 0 Å². The van der Waals surface area contributed by atoms with Gasteiger partial charge in [-0.2, -0.15) is 26.3 Å². The predicted molar refractivity (Wildman–Crippen MR) is 98.1 cm³/mol.